The van der Waals surface area contributed by atoms with Crippen LogP contribution in [0.25, 0.3) is 22.9 Å². The lowest BCUT2D eigenvalue weighted by Gasteiger charge is -2.34. The van der Waals surface area contributed by atoms with E-state index in [0.29, 0.717) is 33.6 Å². The van der Waals surface area contributed by atoms with Crippen LogP contribution in [0.2, 0.25) is 5.02 Å². The van der Waals surface area contributed by atoms with Gasteiger partial charge in [-0.15, -0.1) is 0 Å². The van der Waals surface area contributed by atoms with Crippen LogP contribution in [0.1, 0.15) is 31.1 Å². The Labute approximate surface area is 225 Å². The molecule has 0 atom stereocenters. The molecule has 39 heavy (non-hydrogen) atoms. The Kier molecular flexibility index (Phi) is 6.57. The fourth-order valence-corrected chi connectivity index (χ4v) is 4.63. The first-order valence-corrected chi connectivity index (χ1v) is 12.2. The van der Waals surface area contributed by atoms with Crippen molar-refractivity contribution < 1.29 is 22.4 Å². The predicted molar refractivity (Wildman–Crippen MR) is 137 cm³/mol. The van der Waals surface area contributed by atoms with Crippen LogP contribution < -0.4 is 9.80 Å². The van der Waals surface area contributed by atoms with Gasteiger partial charge in [-0.1, -0.05) is 17.7 Å². The average molecular weight is 563 g/mol. The van der Waals surface area contributed by atoms with Gasteiger partial charge in [-0.3, -0.25) is 9.48 Å². The number of carbonyl (C=O) groups is 1. The highest BCUT2D eigenvalue weighted by Crippen LogP contribution is 2.36. The van der Waals surface area contributed by atoms with Crippen molar-refractivity contribution in [2.45, 2.75) is 32.6 Å². The van der Waals surface area contributed by atoms with Gasteiger partial charge in [0.2, 0.25) is 5.91 Å². The summed E-state index contributed by atoms with van der Waals surface area (Å²) < 4.78 is 57.2. The lowest BCUT2D eigenvalue weighted by Crippen LogP contribution is -2.44. The van der Waals surface area contributed by atoms with Crippen molar-refractivity contribution in [3.05, 3.63) is 58.9 Å². The van der Waals surface area contributed by atoms with Gasteiger partial charge >= 0.3 is 6.18 Å². The number of anilines is 2. The first-order chi connectivity index (χ1) is 18.3. The number of likely N-dealkylation sites (N-methyl/N-ethyl adjacent to an activating group) is 1. The number of fused-ring (bicyclic) bond motifs is 1. The third-order valence-corrected chi connectivity index (χ3v) is 6.65. The fraction of sp³-hybridized carbons (Fsp3) is 0.320. The second-order valence-corrected chi connectivity index (χ2v) is 9.87. The van der Waals surface area contributed by atoms with E-state index in [-0.39, 0.29) is 36.4 Å². The molecule has 1 aliphatic heterocycles. The minimum absolute atomic E-state index is 0.0140. The molecule has 3 aromatic heterocycles. The molecule has 204 valence electrons. The van der Waals surface area contributed by atoms with Gasteiger partial charge in [-0.25, -0.2) is 19.3 Å². The number of halogens is 5. The van der Waals surface area contributed by atoms with Gasteiger partial charge in [-0.2, -0.15) is 18.3 Å². The number of aromatic nitrogens is 6. The molecule has 9 nitrogen and oxygen atoms in total. The van der Waals surface area contributed by atoms with Gasteiger partial charge in [0.25, 0.3) is 0 Å². The number of benzene rings is 1. The van der Waals surface area contributed by atoms with Gasteiger partial charge < -0.3 is 14.4 Å². The summed E-state index contributed by atoms with van der Waals surface area (Å²) in [7, 11) is 2.98. The van der Waals surface area contributed by atoms with E-state index in [1.807, 2.05) is 13.8 Å². The predicted octanol–water partition coefficient (Wildman–Crippen LogP) is 5.12. The number of hydrogen-bond donors (Lipinski definition) is 0. The molecule has 0 bridgehead atoms. The molecule has 14 heteroatoms. The van der Waals surface area contributed by atoms with Gasteiger partial charge in [0.05, 0.1) is 29.5 Å². The summed E-state index contributed by atoms with van der Waals surface area (Å²) in [6, 6.07) is 4.15. The summed E-state index contributed by atoms with van der Waals surface area (Å²) in [6.45, 7) is 3.95. The zero-order valence-corrected chi connectivity index (χ0v) is 22.1. The zero-order chi connectivity index (χ0) is 28.2. The monoisotopic (exact) mass is 562 g/mol. The smallest absolute Gasteiger partial charge is 0.341 e. The number of carbonyl (C=O) groups excluding carboxylic acids is 1. The summed E-state index contributed by atoms with van der Waals surface area (Å²) in [6.07, 6.45) is -0.800. The van der Waals surface area contributed by atoms with Crippen LogP contribution in [0.4, 0.5) is 29.1 Å². The Morgan fingerprint density at radius 2 is 1.87 bits per heavy atom. The molecule has 0 N–H and O–H groups in total. The molecule has 0 fully saturated rings. The molecule has 0 spiro atoms. The normalized spacial score (nSPS) is 13.9. The van der Waals surface area contributed by atoms with Crippen LogP contribution in [0.3, 0.4) is 0 Å². The standard InChI is InChI=1S/C25H23ClF4N8O/c1-13(2)38-21(16(26)8-32-38)22-31-9-18-24(34-22)37(12-20(39)36(18)4)10-14-5-6-15(17(27)7-14)23-33-19(11-35(23)3)25(28,29)30/h5-9,11,13H,10,12H2,1-4H3. The molecule has 1 aromatic carbocycles. The number of imidazole rings is 1. The summed E-state index contributed by atoms with van der Waals surface area (Å²) in [4.78, 5) is 28.5. The van der Waals surface area contributed by atoms with Gasteiger partial charge in [0.1, 0.15) is 23.0 Å². The topological polar surface area (TPSA) is 85.0 Å². The zero-order valence-electron chi connectivity index (χ0n) is 21.3. The van der Waals surface area contributed by atoms with E-state index in [1.165, 1.54) is 36.5 Å². The van der Waals surface area contributed by atoms with E-state index in [9.17, 15) is 18.0 Å². The van der Waals surface area contributed by atoms with Crippen molar-refractivity contribution in [1.82, 2.24) is 29.3 Å². The maximum Gasteiger partial charge on any atom is 0.434 e. The van der Waals surface area contributed by atoms with E-state index in [2.05, 4.69) is 15.1 Å². The Hall–Kier alpha value is -4.00. The molecule has 1 aliphatic rings. The van der Waals surface area contributed by atoms with Gasteiger partial charge in [-0.05, 0) is 31.5 Å². The van der Waals surface area contributed by atoms with Crippen LogP contribution >= 0.6 is 11.6 Å². The summed E-state index contributed by atoms with van der Waals surface area (Å²) in [5.74, 6) is -0.351. The lowest BCUT2D eigenvalue weighted by molar-refractivity contribution is -0.140. The maximum absolute atomic E-state index is 15.1. The molecule has 0 unspecified atom stereocenters. The molecule has 4 aromatic rings. The molecular weight excluding hydrogens is 540 g/mol. The maximum atomic E-state index is 15.1. The van der Waals surface area contributed by atoms with Crippen molar-refractivity contribution >= 4 is 29.0 Å². The number of aryl methyl sites for hydroxylation is 1. The van der Waals surface area contributed by atoms with Crippen LogP contribution in [-0.4, -0.2) is 48.8 Å². The van der Waals surface area contributed by atoms with Crippen molar-refractivity contribution in [3.63, 3.8) is 0 Å². The number of rotatable bonds is 5. The Morgan fingerprint density at radius 3 is 2.51 bits per heavy atom. The first kappa shape index (κ1) is 26.6. The van der Waals surface area contributed by atoms with Gasteiger partial charge in [0, 0.05) is 32.9 Å². The highest BCUT2D eigenvalue weighted by molar-refractivity contribution is 6.32. The Morgan fingerprint density at radius 1 is 1.13 bits per heavy atom. The van der Waals surface area contributed by atoms with Crippen LogP contribution in [0.5, 0.6) is 0 Å². The summed E-state index contributed by atoms with van der Waals surface area (Å²) in [5.41, 5.74) is 0.289. The lowest BCUT2D eigenvalue weighted by atomic mass is 10.1. The van der Waals surface area contributed by atoms with Crippen molar-refractivity contribution in [2.24, 2.45) is 7.05 Å². The van der Waals surface area contributed by atoms with Crippen molar-refractivity contribution in [1.29, 1.82) is 0 Å². The SMILES string of the molecule is CC(C)n1ncc(Cl)c1-c1ncc2c(n1)N(Cc1ccc(-c3nc(C(F)(F)F)cn3C)c(F)c1)CC(=O)N2C. The Bertz CT molecular complexity index is 1580. The second kappa shape index (κ2) is 9.63. The molecule has 0 saturated carbocycles. The molecule has 0 saturated heterocycles. The third kappa shape index (κ3) is 4.82. The fourth-order valence-electron chi connectivity index (χ4n) is 4.41. The first-order valence-electron chi connectivity index (χ1n) is 11.9. The molecule has 1 amide bonds. The number of hydrogen-bond acceptors (Lipinski definition) is 6. The van der Waals surface area contributed by atoms with Crippen molar-refractivity contribution in [3.8, 4) is 22.9 Å². The average Bonchev–Trinajstić information content (AvgIpc) is 3.45. The quantitative estimate of drug-likeness (QED) is 0.314. The van der Waals surface area contributed by atoms with E-state index in [4.69, 9.17) is 16.6 Å². The van der Waals surface area contributed by atoms with E-state index in [1.54, 1.807) is 22.7 Å². The third-order valence-electron chi connectivity index (χ3n) is 6.38. The highest BCUT2D eigenvalue weighted by Gasteiger charge is 2.35. The number of alkyl halides is 3. The van der Waals surface area contributed by atoms with Crippen LogP contribution in [-0.2, 0) is 24.6 Å². The molecular formula is C25H23ClF4N8O. The molecule has 0 aliphatic carbocycles. The summed E-state index contributed by atoms with van der Waals surface area (Å²) >= 11 is 6.39. The number of nitrogens with zero attached hydrogens (tertiary/aromatic N) is 8. The number of amides is 1. The molecule has 4 heterocycles. The minimum Gasteiger partial charge on any atom is -0.341 e. The Balaban J connectivity index is 1.50. The van der Waals surface area contributed by atoms with Crippen LogP contribution in [0.15, 0.2) is 36.8 Å². The molecule has 0 radical (unpaired) electrons. The van der Waals surface area contributed by atoms with E-state index < -0.39 is 17.7 Å². The van der Waals surface area contributed by atoms with E-state index in [0.717, 1.165) is 10.8 Å². The van der Waals surface area contributed by atoms with Crippen LogP contribution in [0, 0.1) is 5.82 Å². The van der Waals surface area contributed by atoms with E-state index >= 15 is 4.39 Å². The summed E-state index contributed by atoms with van der Waals surface area (Å²) in [5, 5.41) is 4.67. The second-order valence-electron chi connectivity index (χ2n) is 9.46. The highest BCUT2D eigenvalue weighted by atomic mass is 35.5. The van der Waals surface area contributed by atoms with Gasteiger partial charge in [0.15, 0.2) is 17.3 Å². The van der Waals surface area contributed by atoms with Crippen molar-refractivity contribution in [2.75, 3.05) is 23.4 Å². The largest absolute Gasteiger partial charge is 0.434 e. The minimum atomic E-state index is -4.65. The molecule has 5 rings (SSSR count).